The Kier molecular flexibility index (Phi) is 25.4. The predicted octanol–water partition coefficient (Wildman–Crippen LogP) is 0.898. The van der Waals surface area contributed by atoms with Crippen molar-refractivity contribution >= 4 is 24.1 Å². The molecular formula is C17H36N2O6S. The number of nitrogens with one attached hydrogen (secondary N) is 2. The van der Waals surface area contributed by atoms with Crippen LogP contribution in [-0.2, 0) is 28.5 Å². The van der Waals surface area contributed by atoms with E-state index in [2.05, 4.69) is 31.4 Å². The number of carbonyl (C=O) groups is 2. The molecule has 0 aliphatic rings. The SMILES string of the molecule is CC(C)C.CSCNC(=O)COCCOCCOCCOCCNC=O. The average molecular weight is 397 g/mol. The molecule has 0 saturated carbocycles. The molecule has 0 rings (SSSR count). The molecule has 26 heavy (non-hydrogen) atoms. The van der Waals surface area contributed by atoms with Gasteiger partial charge in [-0.15, -0.1) is 11.8 Å². The highest BCUT2D eigenvalue weighted by Gasteiger charge is 1.99. The first-order chi connectivity index (χ1) is 12.5. The summed E-state index contributed by atoms with van der Waals surface area (Å²) in [5, 5.41) is 5.18. The van der Waals surface area contributed by atoms with Crippen LogP contribution in [0, 0.1) is 5.92 Å². The number of carbonyl (C=O) groups excluding carboxylic acids is 2. The maximum atomic E-state index is 11.2. The fourth-order valence-corrected chi connectivity index (χ4v) is 1.52. The van der Waals surface area contributed by atoms with Crippen LogP contribution < -0.4 is 10.6 Å². The first-order valence-corrected chi connectivity index (χ1v) is 10.2. The number of ether oxygens (including phenoxy) is 4. The molecule has 0 bridgehead atoms. The lowest BCUT2D eigenvalue weighted by atomic mass is 10.3. The standard InChI is InChI=1S/C13H26N2O6S.C4H10/c1-22-12-15-13(17)10-21-9-8-20-7-6-19-5-4-18-3-2-14-11-16;1-4(2)3/h11H,2-10,12H2,1H3,(H,14,16)(H,15,17);4H,1-3H3. The van der Waals surface area contributed by atoms with Crippen molar-refractivity contribution < 1.29 is 28.5 Å². The Morgan fingerprint density at radius 3 is 1.85 bits per heavy atom. The molecule has 0 aliphatic carbocycles. The zero-order chi connectivity index (χ0) is 19.9. The van der Waals surface area contributed by atoms with Crippen LogP contribution >= 0.6 is 11.8 Å². The minimum Gasteiger partial charge on any atom is -0.377 e. The Bertz CT molecular complexity index is 306. The zero-order valence-electron chi connectivity index (χ0n) is 16.6. The normalized spacial score (nSPS) is 10.2. The minimum atomic E-state index is -0.124. The molecule has 2 N–H and O–H groups in total. The Hall–Kier alpha value is -0.870. The Morgan fingerprint density at radius 2 is 1.38 bits per heavy atom. The van der Waals surface area contributed by atoms with Crippen molar-refractivity contribution in [2.45, 2.75) is 20.8 Å². The van der Waals surface area contributed by atoms with Gasteiger partial charge in [0, 0.05) is 6.54 Å². The molecule has 9 heteroatoms. The van der Waals surface area contributed by atoms with Crippen LogP contribution in [0.15, 0.2) is 0 Å². The van der Waals surface area contributed by atoms with Crippen LogP contribution in [0.25, 0.3) is 0 Å². The summed E-state index contributed by atoms with van der Waals surface area (Å²) in [5.41, 5.74) is 0. The molecule has 0 saturated heterocycles. The first kappa shape index (κ1) is 27.3. The van der Waals surface area contributed by atoms with Gasteiger partial charge in [-0.3, -0.25) is 9.59 Å². The van der Waals surface area contributed by atoms with E-state index in [4.69, 9.17) is 18.9 Å². The highest BCUT2D eigenvalue weighted by Crippen LogP contribution is 1.86. The fourth-order valence-electron chi connectivity index (χ4n) is 1.22. The summed E-state index contributed by atoms with van der Waals surface area (Å²) in [6.45, 7) is 10.2. The molecule has 0 radical (unpaired) electrons. The van der Waals surface area contributed by atoms with E-state index in [1.165, 1.54) is 0 Å². The Morgan fingerprint density at radius 1 is 0.923 bits per heavy atom. The quantitative estimate of drug-likeness (QED) is 0.214. The van der Waals surface area contributed by atoms with Gasteiger partial charge in [-0.1, -0.05) is 20.8 Å². The molecule has 0 aromatic heterocycles. The highest BCUT2D eigenvalue weighted by atomic mass is 32.2. The van der Waals surface area contributed by atoms with E-state index in [0.717, 1.165) is 5.92 Å². The van der Waals surface area contributed by atoms with Crippen molar-refractivity contribution in [2.75, 3.05) is 71.5 Å². The molecule has 0 aromatic rings. The maximum Gasteiger partial charge on any atom is 0.246 e. The van der Waals surface area contributed by atoms with Gasteiger partial charge in [0.05, 0.1) is 52.1 Å². The highest BCUT2D eigenvalue weighted by molar-refractivity contribution is 7.98. The Balaban J connectivity index is 0. The van der Waals surface area contributed by atoms with Gasteiger partial charge in [-0.05, 0) is 12.2 Å². The van der Waals surface area contributed by atoms with E-state index < -0.39 is 0 Å². The third-order valence-corrected chi connectivity index (χ3v) is 2.67. The molecule has 0 spiro atoms. The van der Waals surface area contributed by atoms with Crippen LogP contribution in [0.4, 0.5) is 0 Å². The van der Waals surface area contributed by atoms with Gasteiger partial charge in [0.2, 0.25) is 12.3 Å². The summed E-state index contributed by atoms with van der Waals surface area (Å²) in [6, 6.07) is 0. The lowest BCUT2D eigenvalue weighted by Gasteiger charge is -2.07. The molecule has 8 nitrogen and oxygen atoms in total. The van der Waals surface area contributed by atoms with Gasteiger partial charge in [-0.2, -0.15) is 0 Å². The topological polar surface area (TPSA) is 95.1 Å². The predicted molar refractivity (Wildman–Crippen MR) is 104 cm³/mol. The summed E-state index contributed by atoms with van der Waals surface area (Å²) < 4.78 is 20.9. The van der Waals surface area contributed by atoms with Crippen molar-refractivity contribution in [1.29, 1.82) is 0 Å². The average Bonchev–Trinajstić information content (AvgIpc) is 2.59. The second kappa shape index (κ2) is 24.1. The molecule has 0 aliphatic heterocycles. The van der Waals surface area contributed by atoms with Crippen LogP contribution in [0.1, 0.15) is 20.8 Å². The van der Waals surface area contributed by atoms with Gasteiger partial charge in [0.25, 0.3) is 0 Å². The third-order valence-electron chi connectivity index (χ3n) is 2.24. The second-order valence-electron chi connectivity index (χ2n) is 5.73. The van der Waals surface area contributed by atoms with Gasteiger partial charge in [0.1, 0.15) is 6.61 Å². The van der Waals surface area contributed by atoms with Crippen LogP contribution in [0.5, 0.6) is 0 Å². The summed E-state index contributed by atoms with van der Waals surface area (Å²) in [4.78, 5) is 21.1. The van der Waals surface area contributed by atoms with Gasteiger partial charge < -0.3 is 29.6 Å². The molecule has 0 aromatic carbocycles. The summed E-state index contributed by atoms with van der Waals surface area (Å²) in [7, 11) is 0. The fraction of sp³-hybridized carbons (Fsp3) is 0.882. The van der Waals surface area contributed by atoms with Crippen molar-refractivity contribution in [3.8, 4) is 0 Å². The molecular weight excluding hydrogens is 360 g/mol. The van der Waals surface area contributed by atoms with Crippen LogP contribution in [-0.4, -0.2) is 83.8 Å². The zero-order valence-corrected chi connectivity index (χ0v) is 17.4. The van der Waals surface area contributed by atoms with E-state index in [0.29, 0.717) is 65.1 Å². The van der Waals surface area contributed by atoms with Crippen molar-refractivity contribution in [2.24, 2.45) is 5.92 Å². The number of thioether (sulfide) groups is 1. The lowest BCUT2D eigenvalue weighted by molar-refractivity contribution is -0.125. The van der Waals surface area contributed by atoms with E-state index in [-0.39, 0.29) is 12.5 Å². The number of hydrogen-bond acceptors (Lipinski definition) is 7. The van der Waals surface area contributed by atoms with E-state index in [1.807, 2.05) is 6.26 Å². The first-order valence-electron chi connectivity index (χ1n) is 8.78. The molecule has 0 heterocycles. The Labute approximate surface area is 162 Å². The summed E-state index contributed by atoms with van der Waals surface area (Å²) in [6.07, 6.45) is 2.55. The molecule has 156 valence electrons. The maximum absolute atomic E-state index is 11.2. The summed E-state index contributed by atoms with van der Waals surface area (Å²) in [5.74, 6) is 1.30. The smallest absolute Gasteiger partial charge is 0.246 e. The van der Waals surface area contributed by atoms with Crippen molar-refractivity contribution in [3.63, 3.8) is 0 Å². The number of amides is 2. The molecule has 0 atom stereocenters. The third kappa shape index (κ3) is 31.0. The number of hydrogen-bond donors (Lipinski definition) is 2. The van der Waals surface area contributed by atoms with Gasteiger partial charge >= 0.3 is 0 Å². The monoisotopic (exact) mass is 396 g/mol. The molecule has 0 unspecified atom stereocenters. The van der Waals surface area contributed by atoms with E-state index in [9.17, 15) is 9.59 Å². The lowest BCUT2D eigenvalue weighted by Crippen LogP contribution is -2.27. The van der Waals surface area contributed by atoms with Crippen molar-refractivity contribution in [1.82, 2.24) is 10.6 Å². The van der Waals surface area contributed by atoms with E-state index >= 15 is 0 Å². The van der Waals surface area contributed by atoms with Crippen LogP contribution in [0.2, 0.25) is 0 Å². The second-order valence-corrected chi connectivity index (χ2v) is 6.59. The van der Waals surface area contributed by atoms with Gasteiger partial charge in [0.15, 0.2) is 0 Å². The minimum absolute atomic E-state index is 0.0523. The van der Waals surface area contributed by atoms with Crippen LogP contribution in [0.3, 0.4) is 0 Å². The largest absolute Gasteiger partial charge is 0.377 e. The molecule has 2 amide bonds. The number of rotatable bonds is 17. The molecule has 0 fully saturated rings. The van der Waals surface area contributed by atoms with E-state index in [1.54, 1.807) is 11.8 Å². The van der Waals surface area contributed by atoms with Gasteiger partial charge in [-0.25, -0.2) is 0 Å². The van der Waals surface area contributed by atoms with Crippen molar-refractivity contribution in [3.05, 3.63) is 0 Å². The summed E-state index contributed by atoms with van der Waals surface area (Å²) >= 11 is 1.54.